The molecule has 104 valence electrons. The predicted octanol–water partition coefficient (Wildman–Crippen LogP) is -1.32. The first-order chi connectivity index (χ1) is 8.17. The van der Waals surface area contributed by atoms with Crippen LogP contribution in [0.2, 0.25) is 0 Å². The highest BCUT2D eigenvalue weighted by atomic mass is 15.3. The van der Waals surface area contributed by atoms with Crippen LogP contribution in [0, 0.1) is 0 Å². The highest BCUT2D eigenvalue weighted by molar-refractivity contribution is 4.73. The number of hydrogen-bond donors (Lipinski definition) is 5. The third-order valence-electron chi connectivity index (χ3n) is 2.93. The lowest BCUT2D eigenvalue weighted by Crippen LogP contribution is -2.55. The second-order valence-corrected chi connectivity index (χ2v) is 4.39. The Kier molecular flexibility index (Phi) is 10.7. The van der Waals surface area contributed by atoms with E-state index in [-0.39, 0.29) is 12.3 Å². The lowest BCUT2D eigenvalue weighted by molar-refractivity contribution is 0.134. The van der Waals surface area contributed by atoms with E-state index in [1.165, 1.54) is 0 Å². The summed E-state index contributed by atoms with van der Waals surface area (Å²) in [6.07, 6.45) is 4.95. The van der Waals surface area contributed by atoms with Crippen LogP contribution >= 0.6 is 0 Å². The zero-order valence-electron chi connectivity index (χ0n) is 10.9. The van der Waals surface area contributed by atoms with E-state index < -0.39 is 0 Å². The average Bonchev–Trinajstić information content (AvgIpc) is 2.33. The molecule has 2 unspecified atom stereocenters. The Bertz CT molecular complexity index is 166. The molecule has 0 amide bonds. The minimum Gasteiger partial charge on any atom is -0.330 e. The standard InChI is InChI=1S/C11H30N6/c12-6-3-1-2-4-8-17(11(16)9-14)10(15)5-7-13/h10-11H,1-9,12-16H2. The van der Waals surface area contributed by atoms with Crippen molar-refractivity contribution in [2.45, 2.75) is 44.4 Å². The van der Waals surface area contributed by atoms with E-state index >= 15 is 0 Å². The van der Waals surface area contributed by atoms with Gasteiger partial charge in [0.05, 0.1) is 12.3 Å². The summed E-state index contributed by atoms with van der Waals surface area (Å²) in [5, 5.41) is 0. The van der Waals surface area contributed by atoms with Crippen LogP contribution in [0.15, 0.2) is 0 Å². The van der Waals surface area contributed by atoms with Gasteiger partial charge in [-0.1, -0.05) is 12.8 Å². The molecule has 0 rings (SSSR count). The van der Waals surface area contributed by atoms with Gasteiger partial charge in [0.2, 0.25) is 0 Å². The molecule has 0 aliphatic rings. The van der Waals surface area contributed by atoms with Crippen molar-refractivity contribution >= 4 is 0 Å². The molecule has 0 heterocycles. The van der Waals surface area contributed by atoms with Crippen LogP contribution in [0.4, 0.5) is 0 Å². The molecule has 0 aliphatic heterocycles. The zero-order valence-corrected chi connectivity index (χ0v) is 10.9. The van der Waals surface area contributed by atoms with E-state index in [0.29, 0.717) is 13.1 Å². The number of unbranched alkanes of at least 4 members (excludes halogenated alkanes) is 3. The number of nitrogens with zero attached hydrogens (tertiary/aromatic N) is 1. The topological polar surface area (TPSA) is 133 Å². The van der Waals surface area contributed by atoms with Crippen molar-refractivity contribution in [1.82, 2.24) is 4.90 Å². The summed E-state index contributed by atoms with van der Waals surface area (Å²) in [6.45, 7) is 2.63. The van der Waals surface area contributed by atoms with Gasteiger partial charge < -0.3 is 28.7 Å². The van der Waals surface area contributed by atoms with Crippen molar-refractivity contribution in [3.05, 3.63) is 0 Å². The predicted molar refractivity (Wildman–Crippen MR) is 72.9 cm³/mol. The first-order valence-corrected chi connectivity index (χ1v) is 6.54. The van der Waals surface area contributed by atoms with Crippen molar-refractivity contribution in [3.63, 3.8) is 0 Å². The van der Waals surface area contributed by atoms with Crippen molar-refractivity contribution < 1.29 is 0 Å². The Morgan fingerprint density at radius 1 is 0.765 bits per heavy atom. The maximum atomic E-state index is 6.04. The van der Waals surface area contributed by atoms with Crippen molar-refractivity contribution in [1.29, 1.82) is 0 Å². The highest BCUT2D eigenvalue weighted by Gasteiger charge is 2.18. The summed E-state index contributed by atoms with van der Waals surface area (Å²) < 4.78 is 0. The molecule has 0 fully saturated rings. The first kappa shape index (κ1) is 16.8. The summed E-state index contributed by atoms with van der Waals surface area (Å²) >= 11 is 0. The van der Waals surface area contributed by atoms with Gasteiger partial charge in [0, 0.05) is 13.1 Å². The molecule has 0 bridgehead atoms. The van der Waals surface area contributed by atoms with Gasteiger partial charge in [-0.15, -0.1) is 0 Å². The van der Waals surface area contributed by atoms with Crippen LogP contribution in [0.5, 0.6) is 0 Å². The van der Waals surface area contributed by atoms with E-state index in [1.54, 1.807) is 0 Å². The van der Waals surface area contributed by atoms with Gasteiger partial charge in [-0.05, 0) is 32.4 Å². The Labute approximate surface area is 105 Å². The van der Waals surface area contributed by atoms with E-state index in [4.69, 9.17) is 28.7 Å². The largest absolute Gasteiger partial charge is 0.330 e. The van der Waals surface area contributed by atoms with Crippen LogP contribution in [0.25, 0.3) is 0 Å². The fraction of sp³-hybridized carbons (Fsp3) is 1.00. The van der Waals surface area contributed by atoms with Crippen molar-refractivity contribution in [2.24, 2.45) is 28.7 Å². The summed E-state index contributed by atoms with van der Waals surface area (Å²) in [4.78, 5) is 2.05. The minimum atomic E-state index is -0.175. The van der Waals surface area contributed by atoms with E-state index in [1.807, 2.05) is 0 Å². The van der Waals surface area contributed by atoms with E-state index in [9.17, 15) is 0 Å². The highest BCUT2D eigenvalue weighted by Crippen LogP contribution is 2.06. The number of nitrogens with two attached hydrogens (primary N) is 5. The fourth-order valence-corrected chi connectivity index (χ4v) is 1.84. The average molecular weight is 246 g/mol. The lowest BCUT2D eigenvalue weighted by atomic mass is 10.1. The Morgan fingerprint density at radius 3 is 1.94 bits per heavy atom. The van der Waals surface area contributed by atoms with Crippen LogP contribution in [0.1, 0.15) is 32.1 Å². The van der Waals surface area contributed by atoms with Gasteiger partial charge in [0.15, 0.2) is 0 Å². The SMILES string of the molecule is NCCCCCCN(C(N)CN)C(N)CCN. The molecule has 0 saturated heterocycles. The van der Waals surface area contributed by atoms with E-state index in [2.05, 4.69) is 4.90 Å². The smallest absolute Gasteiger partial charge is 0.0710 e. The van der Waals surface area contributed by atoms with Gasteiger partial charge in [-0.2, -0.15) is 0 Å². The number of rotatable bonds is 11. The lowest BCUT2D eigenvalue weighted by Gasteiger charge is -2.33. The van der Waals surface area contributed by atoms with Gasteiger partial charge in [-0.3, -0.25) is 4.90 Å². The molecule has 10 N–H and O–H groups in total. The Balaban J connectivity index is 3.93. The second-order valence-electron chi connectivity index (χ2n) is 4.39. The molecule has 6 nitrogen and oxygen atoms in total. The molecule has 2 atom stereocenters. The molecule has 0 aliphatic carbocycles. The van der Waals surface area contributed by atoms with Crippen LogP contribution < -0.4 is 28.7 Å². The third kappa shape index (κ3) is 7.64. The molecular formula is C11H30N6. The monoisotopic (exact) mass is 246 g/mol. The maximum absolute atomic E-state index is 6.04. The van der Waals surface area contributed by atoms with Gasteiger partial charge in [0.25, 0.3) is 0 Å². The molecule has 0 aromatic carbocycles. The Hall–Kier alpha value is -0.240. The van der Waals surface area contributed by atoms with Gasteiger partial charge >= 0.3 is 0 Å². The molecule has 0 aromatic heterocycles. The Morgan fingerprint density at radius 2 is 1.41 bits per heavy atom. The van der Waals surface area contributed by atoms with Crippen LogP contribution in [-0.4, -0.2) is 43.4 Å². The normalized spacial score (nSPS) is 15.2. The second kappa shape index (κ2) is 10.9. The minimum absolute atomic E-state index is 0.0898. The number of hydrogen-bond acceptors (Lipinski definition) is 6. The molecule has 0 radical (unpaired) electrons. The summed E-state index contributed by atoms with van der Waals surface area (Å²) in [5.41, 5.74) is 28.5. The van der Waals surface area contributed by atoms with Gasteiger partial charge in [-0.25, -0.2) is 0 Å². The molecule has 0 aromatic rings. The molecule has 6 heteroatoms. The first-order valence-electron chi connectivity index (χ1n) is 6.54. The summed E-state index contributed by atoms with van der Waals surface area (Å²) in [6, 6.07) is 0. The molecular weight excluding hydrogens is 216 g/mol. The molecule has 17 heavy (non-hydrogen) atoms. The van der Waals surface area contributed by atoms with E-state index in [0.717, 1.165) is 45.2 Å². The summed E-state index contributed by atoms with van der Waals surface area (Å²) in [5.74, 6) is 0. The quantitative estimate of drug-likeness (QED) is 0.227. The molecule has 0 saturated carbocycles. The summed E-state index contributed by atoms with van der Waals surface area (Å²) in [7, 11) is 0. The maximum Gasteiger partial charge on any atom is 0.0710 e. The van der Waals surface area contributed by atoms with Crippen LogP contribution in [-0.2, 0) is 0 Å². The zero-order chi connectivity index (χ0) is 13.1. The van der Waals surface area contributed by atoms with Gasteiger partial charge in [0.1, 0.15) is 0 Å². The van der Waals surface area contributed by atoms with Crippen molar-refractivity contribution in [2.75, 3.05) is 26.2 Å². The molecule has 0 spiro atoms. The third-order valence-corrected chi connectivity index (χ3v) is 2.93. The van der Waals surface area contributed by atoms with Crippen molar-refractivity contribution in [3.8, 4) is 0 Å². The fourth-order valence-electron chi connectivity index (χ4n) is 1.84. The van der Waals surface area contributed by atoms with Crippen LogP contribution in [0.3, 0.4) is 0 Å².